The second-order valence-electron chi connectivity index (χ2n) is 4.82. The first kappa shape index (κ1) is 13.0. The molecule has 0 saturated heterocycles. The Balaban J connectivity index is 3.02. The smallest absolute Gasteiger partial charge is 0.121 e. The lowest BCUT2D eigenvalue weighted by Crippen LogP contribution is -2.30. The van der Waals surface area contributed by atoms with Crippen LogP contribution in [0.1, 0.15) is 31.1 Å². The molecule has 0 aliphatic rings. The van der Waals surface area contributed by atoms with Crippen molar-refractivity contribution in [2.75, 3.05) is 13.7 Å². The molecule has 0 amide bonds. The molecule has 1 rings (SSSR count). The van der Waals surface area contributed by atoms with Crippen LogP contribution in [0, 0.1) is 12.3 Å². The Hall–Kier alpha value is -1.06. The number of aryl methyl sites for hydroxylation is 1. The average molecular weight is 223 g/mol. The van der Waals surface area contributed by atoms with Crippen molar-refractivity contribution < 1.29 is 9.84 Å². The number of nitrogens with two attached hydrogens (primary N) is 1. The summed E-state index contributed by atoms with van der Waals surface area (Å²) in [4.78, 5) is 0. The fourth-order valence-electron chi connectivity index (χ4n) is 1.63. The zero-order valence-corrected chi connectivity index (χ0v) is 10.4. The first-order valence-electron chi connectivity index (χ1n) is 5.45. The van der Waals surface area contributed by atoms with E-state index in [2.05, 4.69) is 0 Å². The molecule has 1 aromatic rings. The molecule has 0 saturated carbocycles. The van der Waals surface area contributed by atoms with Gasteiger partial charge in [-0.2, -0.15) is 0 Å². The Morgan fingerprint density at radius 1 is 1.44 bits per heavy atom. The molecule has 1 aromatic carbocycles. The van der Waals surface area contributed by atoms with Gasteiger partial charge in [-0.3, -0.25) is 0 Å². The molecule has 16 heavy (non-hydrogen) atoms. The standard InChI is InChI=1S/C13H21NO2/c1-9-7-10(5-6-11(9)16-4)12(15)13(2,3)8-14/h5-7,12,15H,8,14H2,1-4H3. The highest BCUT2D eigenvalue weighted by molar-refractivity contribution is 5.37. The third kappa shape index (κ3) is 2.54. The molecule has 0 aliphatic carbocycles. The lowest BCUT2D eigenvalue weighted by molar-refractivity contribution is 0.0554. The molecule has 0 bridgehead atoms. The monoisotopic (exact) mass is 223 g/mol. The average Bonchev–Trinajstić information content (AvgIpc) is 2.27. The molecular weight excluding hydrogens is 202 g/mol. The molecule has 3 heteroatoms. The first-order chi connectivity index (χ1) is 7.42. The Morgan fingerprint density at radius 2 is 2.06 bits per heavy atom. The highest BCUT2D eigenvalue weighted by Gasteiger charge is 2.27. The molecule has 1 atom stereocenters. The molecule has 3 nitrogen and oxygen atoms in total. The minimum atomic E-state index is -0.554. The van der Waals surface area contributed by atoms with Crippen LogP contribution in [0.25, 0.3) is 0 Å². The van der Waals surface area contributed by atoms with Crippen molar-refractivity contribution in [3.8, 4) is 5.75 Å². The first-order valence-corrected chi connectivity index (χ1v) is 5.45. The summed E-state index contributed by atoms with van der Waals surface area (Å²) in [5.74, 6) is 0.835. The van der Waals surface area contributed by atoms with Gasteiger partial charge in [0.1, 0.15) is 5.75 Å². The van der Waals surface area contributed by atoms with E-state index in [4.69, 9.17) is 10.5 Å². The van der Waals surface area contributed by atoms with E-state index in [1.54, 1.807) is 7.11 Å². The van der Waals surface area contributed by atoms with E-state index in [1.807, 2.05) is 39.0 Å². The van der Waals surface area contributed by atoms with Gasteiger partial charge in [-0.25, -0.2) is 0 Å². The number of benzene rings is 1. The number of hydrogen-bond acceptors (Lipinski definition) is 3. The van der Waals surface area contributed by atoms with Crippen LogP contribution in [0.5, 0.6) is 5.75 Å². The van der Waals surface area contributed by atoms with Gasteiger partial charge in [-0.05, 0) is 30.2 Å². The predicted octanol–water partition coefficient (Wildman–Crippen LogP) is 2.02. The van der Waals surface area contributed by atoms with Gasteiger partial charge >= 0.3 is 0 Å². The van der Waals surface area contributed by atoms with Crippen LogP contribution < -0.4 is 10.5 Å². The molecule has 0 heterocycles. The lowest BCUT2D eigenvalue weighted by atomic mass is 9.82. The van der Waals surface area contributed by atoms with Crippen LogP contribution in [0.15, 0.2) is 18.2 Å². The van der Waals surface area contributed by atoms with Crippen molar-refractivity contribution >= 4 is 0 Å². The van der Waals surface area contributed by atoms with E-state index in [0.29, 0.717) is 6.54 Å². The fraction of sp³-hybridized carbons (Fsp3) is 0.538. The van der Waals surface area contributed by atoms with Crippen molar-refractivity contribution in [1.29, 1.82) is 0 Å². The Labute approximate surface area is 97.2 Å². The third-order valence-electron chi connectivity index (χ3n) is 3.00. The molecular formula is C13H21NO2. The zero-order chi connectivity index (χ0) is 12.3. The summed E-state index contributed by atoms with van der Waals surface area (Å²) in [5.41, 5.74) is 7.24. The summed E-state index contributed by atoms with van der Waals surface area (Å²) in [6, 6.07) is 5.70. The molecule has 0 radical (unpaired) electrons. The molecule has 0 aromatic heterocycles. The van der Waals surface area contributed by atoms with Crippen molar-refractivity contribution in [1.82, 2.24) is 0 Å². The summed E-state index contributed by atoms with van der Waals surface area (Å²) in [6.45, 7) is 6.32. The van der Waals surface area contributed by atoms with Gasteiger partial charge < -0.3 is 15.6 Å². The highest BCUT2D eigenvalue weighted by Crippen LogP contribution is 2.33. The van der Waals surface area contributed by atoms with Gasteiger partial charge in [0.15, 0.2) is 0 Å². The van der Waals surface area contributed by atoms with E-state index in [9.17, 15) is 5.11 Å². The van der Waals surface area contributed by atoms with Crippen LogP contribution in [-0.2, 0) is 0 Å². The van der Waals surface area contributed by atoms with Gasteiger partial charge in [0.05, 0.1) is 13.2 Å². The van der Waals surface area contributed by atoms with Crippen molar-refractivity contribution in [3.05, 3.63) is 29.3 Å². The van der Waals surface area contributed by atoms with E-state index in [-0.39, 0.29) is 5.41 Å². The molecule has 0 fully saturated rings. The predicted molar refractivity (Wildman–Crippen MR) is 65.5 cm³/mol. The van der Waals surface area contributed by atoms with Gasteiger partial charge in [-0.1, -0.05) is 19.9 Å². The normalized spacial score (nSPS) is 13.6. The van der Waals surface area contributed by atoms with Crippen molar-refractivity contribution in [2.24, 2.45) is 11.1 Å². The molecule has 90 valence electrons. The third-order valence-corrected chi connectivity index (χ3v) is 3.00. The zero-order valence-electron chi connectivity index (χ0n) is 10.4. The van der Waals surface area contributed by atoms with Gasteiger partial charge in [0.25, 0.3) is 0 Å². The molecule has 0 spiro atoms. The lowest BCUT2D eigenvalue weighted by Gasteiger charge is -2.29. The number of hydrogen-bond donors (Lipinski definition) is 2. The number of rotatable bonds is 4. The Morgan fingerprint density at radius 3 is 2.50 bits per heavy atom. The molecule has 0 aliphatic heterocycles. The number of aliphatic hydroxyl groups excluding tert-OH is 1. The van der Waals surface area contributed by atoms with Crippen molar-refractivity contribution in [2.45, 2.75) is 26.9 Å². The summed E-state index contributed by atoms with van der Waals surface area (Å²) in [7, 11) is 1.64. The summed E-state index contributed by atoms with van der Waals surface area (Å²) in [5, 5.41) is 10.2. The molecule has 3 N–H and O–H groups in total. The van der Waals surface area contributed by atoms with Crippen molar-refractivity contribution in [3.63, 3.8) is 0 Å². The Kier molecular flexibility index (Phi) is 3.94. The van der Waals surface area contributed by atoms with Gasteiger partial charge in [0, 0.05) is 12.0 Å². The largest absolute Gasteiger partial charge is 0.496 e. The van der Waals surface area contributed by atoms with E-state index in [1.165, 1.54) is 0 Å². The second kappa shape index (κ2) is 4.85. The highest BCUT2D eigenvalue weighted by atomic mass is 16.5. The number of aliphatic hydroxyl groups is 1. The summed E-state index contributed by atoms with van der Waals surface area (Å²) >= 11 is 0. The number of methoxy groups -OCH3 is 1. The van der Waals surface area contributed by atoms with E-state index >= 15 is 0 Å². The maximum absolute atomic E-state index is 10.2. The van der Waals surface area contributed by atoms with Gasteiger partial charge in [0.2, 0.25) is 0 Å². The minimum absolute atomic E-state index is 0.318. The van der Waals surface area contributed by atoms with E-state index < -0.39 is 6.10 Å². The van der Waals surface area contributed by atoms with Crippen LogP contribution >= 0.6 is 0 Å². The summed E-state index contributed by atoms with van der Waals surface area (Å²) in [6.07, 6.45) is -0.554. The summed E-state index contributed by atoms with van der Waals surface area (Å²) < 4.78 is 5.19. The minimum Gasteiger partial charge on any atom is -0.496 e. The quantitative estimate of drug-likeness (QED) is 0.821. The topological polar surface area (TPSA) is 55.5 Å². The SMILES string of the molecule is COc1ccc(C(O)C(C)(C)CN)cc1C. The van der Waals surface area contributed by atoms with Crippen LogP contribution in [-0.4, -0.2) is 18.8 Å². The maximum atomic E-state index is 10.2. The number of ether oxygens (including phenoxy) is 1. The fourth-order valence-corrected chi connectivity index (χ4v) is 1.63. The van der Waals surface area contributed by atoms with Crippen LogP contribution in [0.2, 0.25) is 0 Å². The Bertz CT molecular complexity index is 361. The molecule has 1 unspecified atom stereocenters. The van der Waals surface area contributed by atoms with Gasteiger partial charge in [-0.15, -0.1) is 0 Å². The van der Waals surface area contributed by atoms with E-state index in [0.717, 1.165) is 16.9 Å². The van der Waals surface area contributed by atoms with Crippen LogP contribution in [0.4, 0.5) is 0 Å². The van der Waals surface area contributed by atoms with Crippen LogP contribution in [0.3, 0.4) is 0 Å². The second-order valence-corrected chi connectivity index (χ2v) is 4.82. The maximum Gasteiger partial charge on any atom is 0.121 e.